The minimum absolute atomic E-state index is 0.167. The van der Waals surface area contributed by atoms with Crippen LogP contribution < -0.4 is 0 Å². The fourth-order valence-electron chi connectivity index (χ4n) is 1.07. The molecule has 0 atom stereocenters. The van der Waals surface area contributed by atoms with Crippen LogP contribution in [0.4, 0.5) is 0 Å². The predicted octanol–water partition coefficient (Wildman–Crippen LogP) is 2.20. The monoisotopic (exact) mass is 379 g/mol. The van der Waals surface area contributed by atoms with E-state index < -0.39 is 7.34 Å². The number of halogens is 1. The summed E-state index contributed by atoms with van der Waals surface area (Å²) in [6.45, 7) is 6.89. The molecule has 0 unspecified atom stereocenters. The molecule has 0 radical (unpaired) electrons. The molecule has 0 saturated heterocycles. The SMILES string of the molecule is CC(C)O.CC(C)O.[CH-]=P(N(C)C)(N(C)C)N(C)C.[Cl][Ti+]. The van der Waals surface area contributed by atoms with Crippen molar-refractivity contribution in [1.29, 1.82) is 0 Å². The summed E-state index contributed by atoms with van der Waals surface area (Å²) >= 11 is 1.47. The van der Waals surface area contributed by atoms with Crippen molar-refractivity contribution >= 4 is 22.9 Å². The number of nitrogens with zero attached hydrogens (tertiary/aromatic N) is 3. The second kappa shape index (κ2) is 17.5. The van der Waals surface area contributed by atoms with Crippen molar-refractivity contribution in [3.05, 3.63) is 0 Å². The molecule has 0 amide bonds. The van der Waals surface area contributed by atoms with Crippen LogP contribution in [-0.2, 0) is 19.4 Å². The van der Waals surface area contributed by atoms with Gasteiger partial charge in [0.1, 0.15) is 0 Å². The zero-order chi connectivity index (χ0) is 18.4. The van der Waals surface area contributed by atoms with E-state index >= 15 is 0 Å². The molecule has 0 aromatic heterocycles. The standard InChI is InChI=1S/C7H19N3P.2C3H8O.ClH.Ti/c1-8(2)11(7,9(3)4)10(5)6;2*1-3(2)4;;/h7H,1-6H3;2*3-4H,1-2H3;1H;/q-1;;;;+2/p-1. The molecule has 0 aromatic carbocycles. The Morgan fingerprint density at radius 3 is 0.857 bits per heavy atom. The second-order valence-electron chi connectivity index (χ2n) is 5.34. The van der Waals surface area contributed by atoms with Gasteiger partial charge >= 0.3 is 28.7 Å². The van der Waals surface area contributed by atoms with Gasteiger partial charge in [0.15, 0.2) is 0 Å². The summed E-state index contributed by atoms with van der Waals surface area (Å²) in [7, 11) is 15.0. The molecule has 0 aliphatic heterocycles. The summed E-state index contributed by atoms with van der Waals surface area (Å²) in [4.78, 5) is 0. The van der Waals surface area contributed by atoms with Crippen molar-refractivity contribution in [2.75, 3.05) is 42.3 Å². The van der Waals surface area contributed by atoms with Crippen molar-refractivity contribution < 1.29 is 29.6 Å². The fraction of sp³-hybridized carbons (Fsp3) is 0.923. The van der Waals surface area contributed by atoms with E-state index in [-0.39, 0.29) is 12.2 Å². The molecule has 130 valence electrons. The van der Waals surface area contributed by atoms with Crippen molar-refractivity contribution in [1.82, 2.24) is 14.0 Å². The molecule has 21 heavy (non-hydrogen) atoms. The first-order valence-corrected chi connectivity index (χ1v) is 10.4. The molecule has 8 heteroatoms. The quantitative estimate of drug-likeness (QED) is 0.447. The van der Waals surface area contributed by atoms with Gasteiger partial charge in [-0.3, -0.25) is 14.0 Å². The first kappa shape index (κ1) is 30.0. The van der Waals surface area contributed by atoms with Crippen LogP contribution >= 0.6 is 16.6 Å². The number of aliphatic hydroxyl groups excluding tert-OH is 2. The van der Waals surface area contributed by atoms with Crippen LogP contribution in [0.25, 0.3) is 0 Å². The first-order chi connectivity index (χ1) is 9.29. The van der Waals surface area contributed by atoms with Crippen LogP contribution in [0.15, 0.2) is 0 Å². The van der Waals surface area contributed by atoms with E-state index in [1.54, 1.807) is 27.7 Å². The van der Waals surface area contributed by atoms with E-state index in [9.17, 15) is 0 Å². The third kappa shape index (κ3) is 21.1. The number of hydrogen-bond acceptors (Lipinski definition) is 5. The summed E-state index contributed by atoms with van der Waals surface area (Å²) < 4.78 is 6.23. The van der Waals surface area contributed by atoms with Gasteiger partial charge in [0.05, 0.1) is 0 Å². The van der Waals surface area contributed by atoms with Crippen LogP contribution in [-0.4, -0.2) is 85.0 Å². The predicted molar refractivity (Wildman–Crippen MR) is 94.6 cm³/mol. The molecule has 0 fully saturated rings. The van der Waals surface area contributed by atoms with E-state index in [0.717, 1.165) is 0 Å². The van der Waals surface area contributed by atoms with Gasteiger partial charge in [0, 0.05) is 12.2 Å². The Morgan fingerprint density at radius 1 is 0.762 bits per heavy atom. The summed E-state index contributed by atoms with van der Waals surface area (Å²) in [5, 5.41) is 16.1. The maximum atomic E-state index is 8.06. The molecule has 0 heterocycles. The van der Waals surface area contributed by atoms with Crippen molar-refractivity contribution in [3.8, 4) is 0 Å². The van der Waals surface area contributed by atoms with E-state index in [4.69, 9.17) is 16.5 Å². The van der Waals surface area contributed by atoms with Crippen molar-refractivity contribution in [2.45, 2.75) is 39.9 Å². The molecular weight excluding hydrogens is 344 g/mol. The zero-order valence-electron chi connectivity index (χ0n) is 15.3. The van der Waals surface area contributed by atoms with Crippen LogP contribution in [0, 0.1) is 0 Å². The average Bonchev–Trinajstić information content (AvgIpc) is 2.28. The van der Waals surface area contributed by atoms with E-state index in [1.165, 1.54) is 19.4 Å². The summed E-state index contributed by atoms with van der Waals surface area (Å²) in [5.41, 5.74) is 0. The molecule has 0 aliphatic rings. The van der Waals surface area contributed by atoms with Gasteiger partial charge in [-0.05, 0) is 70.0 Å². The zero-order valence-corrected chi connectivity index (χ0v) is 18.5. The van der Waals surface area contributed by atoms with Crippen LogP contribution in [0.1, 0.15) is 27.7 Å². The Kier molecular flexibility index (Phi) is 25.0. The Balaban J connectivity index is -0.000000119. The van der Waals surface area contributed by atoms with E-state index in [1.807, 2.05) is 42.3 Å². The Bertz CT molecular complexity index is 214. The molecule has 0 saturated carbocycles. The number of rotatable bonds is 3. The molecule has 0 rings (SSSR count). The fourth-order valence-corrected chi connectivity index (χ4v) is 3.22. The summed E-state index contributed by atoms with van der Waals surface area (Å²) in [6.07, 6.45) is 5.88. The van der Waals surface area contributed by atoms with Crippen molar-refractivity contribution in [3.63, 3.8) is 0 Å². The van der Waals surface area contributed by atoms with E-state index in [2.05, 4.69) is 23.3 Å². The topological polar surface area (TPSA) is 50.2 Å². The summed E-state index contributed by atoms with van der Waals surface area (Å²) in [6, 6.07) is 0. The van der Waals surface area contributed by atoms with Gasteiger partial charge < -0.3 is 16.5 Å². The third-order valence-electron chi connectivity index (χ3n) is 1.77. The van der Waals surface area contributed by atoms with Gasteiger partial charge in [-0.1, -0.05) is 7.34 Å². The Morgan fingerprint density at radius 2 is 0.857 bits per heavy atom. The van der Waals surface area contributed by atoms with E-state index in [0.29, 0.717) is 0 Å². The molecule has 0 aliphatic carbocycles. The van der Waals surface area contributed by atoms with Crippen LogP contribution in [0.2, 0.25) is 0 Å². The van der Waals surface area contributed by atoms with Gasteiger partial charge in [-0.2, -0.15) is 0 Å². The van der Waals surface area contributed by atoms with Gasteiger partial charge in [0.25, 0.3) is 0 Å². The second-order valence-corrected chi connectivity index (χ2v) is 8.97. The van der Waals surface area contributed by atoms with Crippen LogP contribution in [0.5, 0.6) is 0 Å². The van der Waals surface area contributed by atoms with Crippen LogP contribution in [0.3, 0.4) is 0 Å². The summed E-state index contributed by atoms with van der Waals surface area (Å²) in [5.74, 6) is 0. The Labute approximate surface area is 148 Å². The van der Waals surface area contributed by atoms with Gasteiger partial charge in [-0.15, -0.1) is 0 Å². The molecule has 5 nitrogen and oxygen atoms in total. The normalized spacial score (nSPS) is 10.7. The minimum atomic E-state index is -1.69. The van der Waals surface area contributed by atoms with Gasteiger partial charge in [-0.25, -0.2) is 0 Å². The molecule has 0 spiro atoms. The Hall–Kier alpha value is 1.10. The number of hydrogen-bond donors (Lipinski definition) is 2. The average molecular weight is 380 g/mol. The van der Waals surface area contributed by atoms with Crippen molar-refractivity contribution in [2.24, 2.45) is 0 Å². The first-order valence-electron chi connectivity index (χ1n) is 6.56. The molecule has 0 aromatic rings. The molecule has 0 bridgehead atoms. The molecular formula is C13H35ClN3O2PTi. The molecule has 2 N–H and O–H groups in total. The third-order valence-corrected chi connectivity index (χ3v) is 5.30. The van der Waals surface area contributed by atoms with Gasteiger partial charge in [0.2, 0.25) is 0 Å². The maximum absolute atomic E-state index is 8.06. The number of aliphatic hydroxyl groups is 2.